The number of nitrogens with one attached hydrogen (secondary N) is 1. The van der Waals surface area contributed by atoms with Crippen LogP contribution >= 0.6 is 0 Å². The van der Waals surface area contributed by atoms with Crippen LogP contribution in [-0.2, 0) is 11.0 Å². The summed E-state index contributed by atoms with van der Waals surface area (Å²) in [6.45, 7) is 1.05. The van der Waals surface area contributed by atoms with Gasteiger partial charge in [-0.25, -0.2) is 4.79 Å². The van der Waals surface area contributed by atoms with Gasteiger partial charge in [-0.1, -0.05) is 12.1 Å². The molecule has 1 aliphatic rings. The molecule has 3 rings (SSSR count). The number of carboxylic acids is 1. The number of alkyl halides is 3. The van der Waals surface area contributed by atoms with Gasteiger partial charge in [-0.3, -0.25) is 14.5 Å². The van der Waals surface area contributed by atoms with Crippen LogP contribution in [0.1, 0.15) is 39.1 Å². The SMILES string of the molecule is O=C(CN1CCC(C(=O)c2cccc(C(F)(F)F)c2)CC1)Nc1ccc(C(=O)O)cc1. The lowest BCUT2D eigenvalue weighted by atomic mass is 9.88. The van der Waals surface area contributed by atoms with Gasteiger partial charge in [-0.15, -0.1) is 0 Å². The number of piperidine rings is 1. The summed E-state index contributed by atoms with van der Waals surface area (Å²) in [6, 6.07) is 10.2. The predicted molar refractivity (Wildman–Crippen MR) is 107 cm³/mol. The van der Waals surface area contributed by atoms with Crippen molar-refractivity contribution in [1.29, 1.82) is 0 Å². The van der Waals surface area contributed by atoms with Crippen molar-refractivity contribution in [3.05, 3.63) is 65.2 Å². The summed E-state index contributed by atoms with van der Waals surface area (Å²) in [6.07, 6.45) is -3.59. The lowest BCUT2D eigenvalue weighted by Crippen LogP contribution is -2.40. The maximum atomic E-state index is 12.9. The van der Waals surface area contributed by atoms with Gasteiger partial charge in [0.1, 0.15) is 0 Å². The highest BCUT2D eigenvalue weighted by atomic mass is 19.4. The fourth-order valence-electron chi connectivity index (χ4n) is 3.54. The molecule has 0 unspecified atom stereocenters. The molecular weight excluding hydrogens is 413 g/mol. The van der Waals surface area contributed by atoms with Gasteiger partial charge in [0.2, 0.25) is 5.91 Å². The Hall–Kier alpha value is -3.20. The highest BCUT2D eigenvalue weighted by Crippen LogP contribution is 2.31. The van der Waals surface area contributed by atoms with Crippen molar-refractivity contribution in [2.24, 2.45) is 5.92 Å². The number of anilines is 1. The number of carbonyl (C=O) groups excluding carboxylic acids is 2. The van der Waals surface area contributed by atoms with Gasteiger partial charge < -0.3 is 10.4 Å². The fraction of sp³-hybridized carbons (Fsp3) is 0.318. The first-order chi connectivity index (χ1) is 14.6. The quantitative estimate of drug-likeness (QED) is 0.673. The van der Waals surface area contributed by atoms with E-state index < -0.39 is 17.7 Å². The summed E-state index contributed by atoms with van der Waals surface area (Å²) in [5.41, 5.74) is -0.199. The highest BCUT2D eigenvalue weighted by Gasteiger charge is 2.32. The van der Waals surface area contributed by atoms with Crippen molar-refractivity contribution in [3.63, 3.8) is 0 Å². The molecule has 1 fully saturated rings. The van der Waals surface area contributed by atoms with Crippen molar-refractivity contribution in [3.8, 4) is 0 Å². The fourth-order valence-corrected chi connectivity index (χ4v) is 3.54. The minimum Gasteiger partial charge on any atom is -0.478 e. The zero-order chi connectivity index (χ0) is 22.6. The monoisotopic (exact) mass is 434 g/mol. The second-order valence-electron chi connectivity index (χ2n) is 7.42. The third-order valence-electron chi connectivity index (χ3n) is 5.22. The van der Waals surface area contributed by atoms with Crippen molar-refractivity contribution in [2.45, 2.75) is 19.0 Å². The highest BCUT2D eigenvalue weighted by molar-refractivity contribution is 5.98. The number of Topliss-reactive ketones (excluding diaryl/α,β-unsaturated/α-hetero) is 1. The number of ketones is 1. The first kappa shape index (κ1) is 22.5. The number of rotatable bonds is 6. The zero-order valence-corrected chi connectivity index (χ0v) is 16.5. The number of aromatic carboxylic acids is 1. The summed E-state index contributed by atoms with van der Waals surface area (Å²) in [5.74, 6) is -2.02. The van der Waals surface area contributed by atoms with Crippen molar-refractivity contribution >= 4 is 23.3 Å². The van der Waals surface area contributed by atoms with Crippen LogP contribution < -0.4 is 5.32 Å². The zero-order valence-electron chi connectivity index (χ0n) is 16.5. The van der Waals surface area contributed by atoms with Crippen molar-refractivity contribution in [2.75, 3.05) is 25.0 Å². The lowest BCUT2D eigenvalue weighted by Gasteiger charge is -2.30. The van der Waals surface area contributed by atoms with E-state index in [1.807, 2.05) is 4.90 Å². The standard InChI is InChI=1S/C22H21F3N2O4/c23-22(24,25)17-3-1-2-16(12-17)20(29)14-8-10-27(11-9-14)13-19(28)26-18-6-4-15(5-7-18)21(30)31/h1-7,12,14H,8-11,13H2,(H,26,28)(H,30,31). The number of hydrogen-bond acceptors (Lipinski definition) is 4. The van der Waals surface area contributed by atoms with Gasteiger partial charge in [-0.2, -0.15) is 13.2 Å². The van der Waals surface area contributed by atoms with Gasteiger partial charge in [0.15, 0.2) is 5.78 Å². The Morgan fingerprint density at radius 3 is 2.23 bits per heavy atom. The van der Waals surface area contributed by atoms with Gasteiger partial charge in [0.05, 0.1) is 17.7 Å². The number of halogens is 3. The van der Waals surface area contributed by atoms with E-state index in [1.54, 1.807) is 0 Å². The molecule has 0 bridgehead atoms. The summed E-state index contributed by atoms with van der Waals surface area (Å²) >= 11 is 0. The average molecular weight is 434 g/mol. The molecule has 1 saturated heterocycles. The Morgan fingerprint density at radius 2 is 1.65 bits per heavy atom. The second-order valence-corrected chi connectivity index (χ2v) is 7.42. The van der Waals surface area contributed by atoms with E-state index in [2.05, 4.69) is 5.32 Å². The molecule has 0 atom stereocenters. The number of benzene rings is 2. The molecule has 2 N–H and O–H groups in total. The van der Waals surface area contributed by atoms with Crippen molar-refractivity contribution < 1.29 is 32.7 Å². The number of likely N-dealkylation sites (tertiary alicyclic amines) is 1. The van der Waals surface area contributed by atoms with E-state index in [0.29, 0.717) is 31.6 Å². The average Bonchev–Trinajstić information content (AvgIpc) is 2.73. The minimum atomic E-state index is -4.50. The Kier molecular flexibility index (Phi) is 6.74. The van der Waals surface area contributed by atoms with E-state index >= 15 is 0 Å². The molecule has 31 heavy (non-hydrogen) atoms. The van der Waals surface area contributed by atoms with Crippen LogP contribution in [0.2, 0.25) is 0 Å². The van der Waals surface area contributed by atoms with E-state index in [1.165, 1.54) is 36.4 Å². The van der Waals surface area contributed by atoms with E-state index in [0.717, 1.165) is 12.1 Å². The van der Waals surface area contributed by atoms with Gasteiger partial charge in [0, 0.05) is 17.2 Å². The molecule has 0 saturated carbocycles. The van der Waals surface area contributed by atoms with Gasteiger partial charge in [-0.05, 0) is 62.3 Å². The second kappa shape index (κ2) is 9.30. The normalized spacial score (nSPS) is 15.5. The molecule has 2 aromatic carbocycles. The maximum Gasteiger partial charge on any atom is 0.416 e. The molecule has 1 amide bonds. The topological polar surface area (TPSA) is 86.7 Å². The summed E-state index contributed by atoms with van der Waals surface area (Å²) < 4.78 is 38.6. The molecule has 9 heteroatoms. The number of nitrogens with zero attached hydrogens (tertiary/aromatic N) is 1. The number of amides is 1. The van der Waals surface area contributed by atoms with Crippen LogP contribution in [-0.4, -0.2) is 47.3 Å². The molecule has 0 spiro atoms. The van der Waals surface area contributed by atoms with E-state index in [9.17, 15) is 27.6 Å². The summed E-state index contributed by atoms with van der Waals surface area (Å²) in [5, 5.41) is 11.6. The first-order valence-corrected chi connectivity index (χ1v) is 9.70. The molecule has 0 aliphatic carbocycles. The largest absolute Gasteiger partial charge is 0.478 e. The van der Waals surface area contributed by atoms with Crippen molar-refractivity contribution in [1.82, 2.24) is 4.90 Å². The van der Waals surface area contributed by atoms with Gasteiger partial charge >= 0.3 is 12.1 Å². The first-order valence-electron chi connectivity index (χ1n) is 9.70. The molecule has 0 aromatic heterocycles. The minimum absolute atomic E-state index is 0.0517. The number of carbonyl (C=O) groups is 3. The predicted octanol–water partition coefficient (Wildman–Crippen LogP) is 3.94. The molecular formula is C22H21F3N2O4. The van der Waals surface area contributed by atoms with Crippen LogP contribution in [0.25, 0.3) is 0 Å². The molecule has 164 valence electrons. The molecule has 0 radical (unpaired) electrons. The number of carboxylic acid groups (broad SMARTS) is 1. The number of hydrogen-bond donors (Lipinski definition) is 2. The van der Waals surface area contributed by atoms with E-state index in [4.69, 9.17) is 5.11 Å². The Morgan fingerprint density at radius 1 is 1.00 bits per heavy atom. The van der Waals surface area contributed by atoms with E-state index in [-0.39, 0.29) is 35.3 Å². The molecule has 1 heterocycles. The Labute approximate surface area is 176 Å². The summed E-state index contributed by atoms with van der Waals surface area (Å²) in [7, 11) is 0. The molecule has 1 aliphatic heterocycles. The van der Waals surface area contributed by atoms with Crippen LogP contribution in [0.4, 0.5) is 18.9 Å². The third kappa shape index (κ3) is 5.91. The Bertz CT molecular complexity index is 965. The molecule has 6 nitrogen and oxygen atoms in total. The third-order valence-corrected chi connectivity index (χ3v) is 5.22. The van der Waals surface area contributed by atoms with Gasteiger partial charge in [0.25, 0.3) is 0 Å². The van der Waals surface area contributed by atoms with Crippen LogP contribution in [0.15, 0.2) is 48.5 Å². The summed E-state index contributed by atoms with van der Waals surface area (Å²) in [4.78, 5) is 37.6. The van der Waals surface area contributed by atoms with Crippen LogP contribution in [0.5, 0.6) is 0 Å². The maximum absolute atomic E-state index is 12.9. The Balaban J connectivity index is 1.50. The van der Waals surface area contributed by atoms with Crippen LogP contribution in [0, 0.1) is 5.92 Å². The van der Waals surface area contributed by atoms with Crippen LogP contribution in [0.3, 0.4) is 0 Å². The lowest BCUT2D eigenvalue weighted by molar-refractivity contribution is -0.137. The molecule has 2 aromatic rings. The smallest absolute Gasteiger partial charge is 0.416 e.